The van der Waals surface area contributed by atoms with Crippen LogP contribution in [-0.2, 0) is 11.3 Å². The summed E-state index contributed by atoms with van der Waals surface area (Å²) in [6, 6.07) is 19.6. The highest BCUT2D eigenvalue weighted by Gasteiger charge is 2.35. The zero-order valence-corrected chi connectivity index (χ0v) is 16.9. The van der Waals surface area contributed by atoms with Gasteiger partial charge in [-0.2, -0.15) is 0 Å². The number of hydrogen-bond acceptors (Lipinski definition) is 4. The van der Waals surface area contributed by atoms with Gasteiger partial charge in [0.1, 0.15) is 17.2 Å². The fourth-order valence-electron chi connectivity index (χ4n) is 3.21. The molecule has 1 aliphatic heterocycles. The lowest BCUT2D eigenvalue weighted by atomic mass is 10.1. The van der Waals surface area contributed by atoms with E-state index in [0.717, 1.165) is 11.1 Å². The Bertz CT molecular complexity index is 1150. The van der Waals surface area contributed by atoms with E-state index in [1.54, 1.807) is 47.2 Å². The Morgan fingerprint density at radius 2 is 1.77 bits per heavy atom. The van der Waals surface area contributed by atoms with Crippen molar-refractivity contribution < 1.29 is 19.1 Å². The summed E-state index contributed by atoms with van der Waals surface area (Å²) in [4.78, 5) is 27.2. The molecule has 1 aliphatic rings. The molecular weight excluding hydrogens is 400 g/mol. The summed E-state index contributed by atoms with van der Waals surface area (Å²) in [7, 11) is 1.76. The highest BCUT2D eigenvalue weighted by molar-refractivity contribution is 7.80. The van der Waals surface area contributed by atoms with Gasteiger partial charge >= 0.3 is 5.97 Å². The zero-order valence-electron chi connectivity index (χ0n) is 16.1. The Kier molecular flexibility index (Phi) is 5.20. The van der Waals surface area contributed by atoms with Gasteiger partial charge in [-0.3, -0.25) is 9.69 Å². The average molecular weight is 418 g/mol. The van der Waals surface area contributed by atoms with Crippen molar-refractivity contribution in [2.75, 3.05) is 7.05 Å². The molecule has 1 aromatic heterocycles. The fourth-order valence-corrected chi connectivity index (χ4v) is 3.46. The number of furan rings is 1. The molecule has 0 radical (unpaired) electrons. The van der Waals surface area contributed by atoms with Crippen molar-refractivity contribution in [3.05, 3.63) is 89.3 Å². The average Bonchev–Trinajstić information content (AvgIpc) is 3.30. The van der Waals surface area contributed by atoms with E-state index in [1.165, 1.54) is 12.1 Å². The van der Waals surface area contributed by atoms with Crippen LogP contribution in [0, 0.1) is 0 Å². The third kappa shape index (κ3) is 3.75. The van der Waals surface area contributed by atoms with Crippen LogP contribution < -0.4 is 0 Å². The molecule has 0 spiro atoms. The number of amides is 1. The first-order valence-corrected chi connectivity index (χ1v) is 9.63. The van der Waals surface area contributed by atoms with Crippen LogP contribution in [-0.4, -0.2) is 38.9 Å². The van der Waals surface area contributed by atoms with Gasteiger partial charge in [-0.15, -0.1) is 0 Å². The molecular formula is C23H18N2O4S. The number of thiocarbonyl (C=S) groups is 1. The maximum atomic E-state index is 12.9. The second-order valence-electron chi connectivity index (χ2n) is 6.83. The van der Waals surface area contributed by atoms with Gasteiger partial charge < -0.3 is 14.4 Å². The van der Waals surface area contributed by atoms with Gasteiger partial charge in [-0.05, 0) is 42.0 Å². The summed E-state index contributed by atoms with van der Waals surface area (Å²) in [5, 5.41) is 9.45. The first-order chi connectivity index (χ1) is 14.4. The number of carbonyl (C=O) groups is 2. The van der Waals surface area contributed by atoms with E-state index >= 15 is 0 Å². The van der Waals surface area contributed by atoms with Gasteiger partial charge in [-0.1, -0.05) is 42.5 Å². The molecule has 2 aromatic carbocycles. The molecule has 2 heterocycles. The molecule has 0 saturated carbocycles. The SMILES string of the molecule is CN1C(=S)N(Cc2ccccc2)C(=O)C1=Cc1ccc(-c2ccc(C(=O)O)cc2)o1. The zero-order chi connectivity index (χ0) is 21.3. The van der Waals surface area contributed by atoms with Crippen LogP contribution in [0.25, 0.3) is 17.4 Å². The van der Waals surface area contributed by atoms with E-state index in [0.29, 0.717) is 28.9 Å². The van der Waals surface area contributed by atoms with E-state index in [9.17, 15) is 9.59 Å². The highest BCUT2D eigenvalue weighted by Crippen LogP contribution is 2.27. The van der Waals surface area contributed by atoms with Crippen LogP contribution in [0.15, 0.2) is 76.8 Å². The van der Waals surface area contributed by atoms with Crippen LogP contribution in [0.1, 0.15) is 21.7 Å². The van der Waals surface area contributed by atoms with Crippen molar-refractivity contribution in [3.8, 4) is 11.3 Å². The predicted molar refractivity (Wildman–Crippen MR) is 116 cm³/mol. The normalized spacial score (nSPS) is 15.3. The van der Waals surface area contributed by atoms with Gasteiger partial charge in [-0.25, -0.2) is 4.79 Å². The fraction of sp³-hybridized carbons (Fsp3) is 0.0870. The molecule has 0 bridgehead atoms. The third-order valence-corrected chi connectivity index (χ3v) is 5.34. The van der Waals surface area contributed by atoms with Crippen molar-refractivity contribution in [3.63, 3.8) is 0 Å². The molecule has 3 aromatic rings. The number of nitrogens with zero attached hydrogens (tertiary/aromatic N) is 2. The maximum Gasteiger partial charge on any atom is 0.335 e. The van der Waals surface area contributed by atoms with Crippen LogP contribution >= 0.6 is 12.2 Å². The molecule has 150 valence electrons. The molecule has 1 saturated heterocycles. The van der Waals surface area contributed by atoms with Crippen molar-refractivity contribution in [1.82, 2.24) is 9.80 Å². The summed E-state index contributed by atoms with van der Waals surface area (Å²) >= 11 is 5.46. The van der Waals surface area contributed by atoms with Gasteiger partial charge in [0, 0.05) is 18.7 Å². The summed E-state index contributed by atoms with van der Waals surface area (Å²) in [6.07, 6.45) is 1.66. The first kappa shape index (κ1) is 19.6. The number of benzene rings is 2. The summed E-state index contributed by atoms with van der Waals surface area (Å²) in [5.41, 5.74) is 2.38. The minimum Gasteiger partial charge on any atom is -0.478 e. The molecule has 1 N–H and O–H groups in total. The van der Waals surface area contributed by atoms with Gasteiger partial charge in [0.2, 0.25) is 0 Å². The quantitative estimate of drug-likeness (QED) is 0.493. The lowest BCUT2D eigenvalue weighted by molar-refractivity contribution is -0.122. The molecule has 7 heteroatoms. The van der Waals surface area contributed by atoms with Crippen molar-refractivity contribution in [1.29, 1.82) is 0 Å². The Morgan fingerprint density at radius 3 is 2.43 bits per heavy atom. The minimum absolute atomic E-state index is 0.185. The topological polar surface area (TPSA) is 74.0 Å². The Morgan fingerprint density at radius 1 is 1.07 bits per heavy atom. The van der Waals surface area contributed by atoms with Crippen molar-refractivity contribution in [2.24, 2.45) is 0 Å². The Balaban J connectivity index is 1.56. The van der Waals surface area contributed by atoms with Crippen LogP contribution in [0.2, 0.25) is 0 Å². The molecule has 6 nitrogen and oxygen atoms in total. The lowest BCUT2D eigenvalue weighted by Crippen LogP contribution is -2.30. The van der Waals surface area contributed by atoms with Gasteiger partial charge in [0.15, 0.2) is 5.11 Å². The Hall–Kier alpha value is -3.71. The van der Waals surface area contributed by atoms with Crippen LogP contribution in [0.3, 0.4) is 0 Å². The summed E-state index contributed by atoms with van der Waals surface area (Å²) in [5.74, 6) is -0.0807. The van der Waals surface area contributed by atoms with Gasteiger partial charge in [0.25, 0.3) is 5.91 Å². The number of likely N-dealkylation sites (N-methyl/N-ethyl adjacent to an activating group) is 1. The smallest absolute Gasteiger partial charge is 0.335 e. The number of rotatable bonds is 5. The lowest BCUT2D eigenvalue weighted by Gasteiger charge is -2.16. The van der Waals surface area contributed by atoms with E-state index in [1.807, 2.05) is 30.3 Å². The number of carboxylic acid groups (broad SMARTS) is 1. The second-order valence-corrected chi connectivity index (χ2v) is 7.20. The third-order valence-electron chi connectivity index (χ3n) is 4.85. The minimum atomic E-state index is -0.981. The predicted octanol–water partition coefficient (Wildman–Crippen LogP) is 4.24. The molecule has 0 atom stereocenters. The second kappa shape index (κ2) is 7.96. The monoisotopic (exact) mass is 418 g/mol. The van der Waals surface area contributed by atoms with E-state index < -0.39 is 5.97 Å². The van der Waals surface area contributed by atoms with Crippen molar-refractivity contribution in [2.45, 2.75) is 6.54 Å². The molecule has 0 aliphatic carbocycles. The number of carbonyl (C=O) groups excluding carboxylic acids is 1. The molecule has 4 rings (SSSR count). The van der Waals surface area contributed by atoms with Crippen molar-refractivity contribution >= 4 is 35.3 Å². The van der Waals surface area contributed by atoms with Gasteiger partial charge in [0.05, 0.1) is 12.1 Å². The van der Waals surface area contributed by atoms with Crippen LogP contribution in [0.4, 0.5) is 0 Å². The van der Waals surface area contributed by atoms with E-state index in [2.05, 4.69) is 0 Å². The number of hydrogen-bond donors (Lipinski definition) is 1. The first-order valence-electron chi connectivity index (χ1n) is 9.23. The maximum absolute atomic E-state index is 12.9. The summed E-state index contributed by atoms with van der Waals surface area (Å²) < 4.78 is 5.85. The number of aromatic carboxylic acids is 1. The molecule has 0 unspecified atom stereocenters. The highest BCUT2D eigenvalue weighted by atomic mass is 32.1. The van der Waals surface area contributed by atoms with E-state index in [-0.39, 0.29) is 11.5 Å². The largest absolute Gasteiger partial charge is 0.478 e. The van der Waals surface area contributed by atoms with E-state index in [4.69, 9.17) is 21.7 Å². The molecule has 1 amide bonds. The Labute approximate surface area is 178 Å². The standard InChI is InChI=1S/C23H18N2O4S/c1-24-19(21(26)25(23(24)30)14-15-5-3-2-4-6-15)13-18-11-12-20(29-18)16-7-9-17(10-8-16)22(27)28/h2-13H,14H2,1H3,(H,27,28). The van der Waals surface area contributed by atoms with Crippen LogP contribution in [0.5, 0.6) is 0 Å². The number of carboxylic acids is 1. The summed E-state index contributed by atoms with van der Waals surface area (Å²) in [6.45, 7) is 0.402. The molecule has 30 heavy (non-hydrogen) atoms. The molecule has 1 fully saturated rings.